The molecule has 0 aromatic rings. The summed E-state index contributed by atoms with van der Waals surface area (Å²) in [4.78, 5) is 72.9. The van der Waals surface area contributed by atoms with Crippen molar-refractivity contribution in [3.05, 3.63) is 0 Å². The van der Waals surface area contributed by atoms with Gasteiger partial charge in [-0.2, -0.15) is 0 Å². The van der Waals surface area contributed by atoms with Crippen molar-refractivity contribution in [2.24, 2.45) is 5.92 Å². The second-order valence-corrected chi connectivity index (χ2v) is 32.9. The Balaban J connectivity index is 5.17. The molecule has 2 unspecified atom stereocenters. The van der Waals surface area contributed by atoms with Crippen LogP contribution in [0.15, 0.2) is 0 Å². The van der Waals surface area contributed by atoms with Gasteiger partial charge in [-0.3, -0.25) is 37.3 Å². The minimum absolute atomic E-state index is 0.108. The van der Waals surface area contributed by atoms with E-state index >= 15 is 0 Å². The van der Waals surface area contributed by atoms with E-state index in [0.29, 0.717) is 25.7 Å². The van der Waals surface area contributed by atoms with Gasteiger partial charge in [0.25, 0.3) is 0 Å². The van der Waals surface area contributed by atoms with E-state index in [-0.39, 0.29) is 25.7 Å². The molecule has 19 heteroatoms. The quantitative estimate of drug-likeness (QED) is 0.0222. The van der Waals surface area contributed by atoms with Gasteiger partial charge in [0.2, 0.25) is 0 Å². The Morgan fingerprint density at radius 1 is 0.267 bits per heavy atom. The molecular weight excluding hydrogens is 1320 g/mol. The van der Waals surface area contributed by atoms with Crippen LogP contribution in [-0.4, -0.2) is 96.7 Å². The summed E-state index contributed by atoms with van der Waals surface area (Å²) in [5.41, 5.74) is 0. The molecule has 0 aliphatic rings. The van der Waals surface area contributed by atoms with Gasteiger partial charge < -0.3 is 33.8 Å². The van der Waals surface area contributed by atoms with Crippen LogP contribution in [0.5, 0.6) is 0 Å². The van der Waals surface area contributed by atoms with Gasteiger partial charge in [-0.1, -0.05) is 388 Å². The second-order valence-electron chi connectivity index (χ2n) is 30.0. The van der Waals surface area contributed by atoms with Gasteiger partial charge in [-0.15, -0.1) is 0 Å². The fraction of sp³-hybridized carbons (Fsp3) is 0.951. The predicted molar refractivity (Wildman–Crippen MR) is 414 cm³/mol. The lowest BCUT2D eigenvalue weighted by atomic mass is 10.0. The number of carbonyl (C=O) groups is 4. The van der Waals surface area contributed by atoms with Gasteiger partial charge in [-0.05, 0) is 31.6 Å². The monoisotopic (exact) mass is 1480 g/mol. The molecule has 0 aliphatic heterocycles. The number of phosphoric acid groups is 2. The van der Waals surface area contributed by atoms with Crippen LogP contribution in [0.4, 0.5) is 0 Å². The number of aliphatic hydroxyl groups is 1. The molecule has 0 rings (SSSR count). The Morgan fingerprint density at radius 2 is 0.455 bits per heavy atom. The van der Waals surface area contributed by atoms with Gasteiger partial charge in [0.15, 0.2) is 12.2 Å². The predicted octanol–water partition coefficient (Wildman–Crippen LogP) is 24.8. The van der Waals surface area contributed by atoms with Gasteiger partial charge >= 0.3 is 39.5 Å². The van der Waals surface area contributed by atoms with Crippen LogP contribution in [0.1, 0.15) is 439 Å². The first-order chi connectivity index (χ1) is 49.0. The third-order valence-electron chi connectivity index (χ3n) is 19.3. The molecule has 0 saturated heterocycles. The van der Waals surface area contributed by atoms with Crippen molar-refractivity contribution >= 4 is 39.5 Å². The Bertz CT molecular complexity index is 1930. The summed E-state index contributed by atoms with van der Waals surface area (Å²) in [5.74, 6) is -1.31. The molecular formula is C82H160O17P2. The summed E-state index contributed by atoms with van der Waals surface area (Å²) in [6.07, 6.45) is 66.8. The average molecular weight is 1480 g/mol. The lowest BCUT2D eigenvalue weighted by Gasteiger charge is -2.21. The van der Waals surface area contributed by atoms with E-state index in [0.717, 1.165) is 109 Å². The zero-order chi connectivity index (χ0) is 74.1. The van der Waals surface area contributed by atoms with Gasteiger partial charge in [0.1, 0.15) is 19.3 Å². The van der Waals surface area contributed by atoms with Crippen LogP contribution >= 0.6 is 15.6 Å². The summed E-state index contributed by atoms with van der Waals surface area (Å²) in [6, 6.07) is 0. The molecule has 0 radical (unpaired) electrons. The third-order valence-corrected chi connectivity index (χ3v) is 21.2. The smallest absolute Gasteiger partial charge is 0.462 e. The minimum atomic E-state index is -4.96. The molecule has 3 N–H and O–H groups in total. The summed E-state index contributed by atoms with van der Waals surface area (Å²) < 4.78 is 68.6. The summed E-state index contributed by atoms with van der Waals surface area (Å²) >= 11 is 0. The van der Waals surface area contributed by atoms with E-state index < -0.39 is 97.5 Å². The van der Waals surface area contributed by atoms with Crippen molar-refractivity contribution < 1.29 is 80.2 Å². The highest BCUT2D eigenvalue weighted by Crippen LogP contribution is 2.45. The SMILES string of the molecule is CCCCCCCCCCCCCCCCCCCCCCC(=O)O[C@H](COC(=O)CCCCCCCCCCCCCCCCC(C)C)COP(=O)(O)OC[C@@H](O)COP(=O)(O)OC[C@@H](COC(=O)CCCCCCCCC)OC(=O)CCCCCCCCCCCCCCCCCCC. The van der Waals surface area contributed by atoms with Crippen LogP contribution in [-0.2, 0) is 65.4 Å². The Hall–Kier alpha value is -1.94. The number of hydrogen-bond acceptors (Lipinski definition) is 15. The summed E-state index contributed by atoms with van der Waals surface area (Å²) in [5, 5.41) is 10.6. The molecule has 0 saturated carbocycles. The van der Waals surface area contributed by atoms with Crippen LogP contribution in [0, 0.1) is 5.92 Å². The number of aliphatic hydroxyl groups excluding tert-OH is 1. The van der Waals surface area contributed by atoms with Crippen molar-refractivity contribution in [3.63, 3.8) is 0 Å². The topological polar surface area (TPSA) is 237 Å². The first-order valence-electron chi connectivity index (χ1n) is 42.6. The maximum Gasteiger partial charge on any atom is 0.472 e. The molecule has 5 atom stereocenters. The van der Waals surface area contributed by atoms with E-state index in [2.05, 4.69) is 34.6 Å². The first kappa shape index (κ1) is 99.1. The Kier molecular flexibility index (Phi) is 73.5. The Morgan fingerprint density at radius 3 is 0.673 bits per heavy atom. The molecule has 600 valence electrons. The van der Waals surface area contributed by atoms with E-state index in [4.69, 9.17) is 37.0 Å². The van der Waals surface area contributed by atoms with Crippen molar-refractivity contribution in [1.82, 2.24) is 0 Å². The van der Waals surface area contributed by atoms with Crippen molar-refractivity contribution in [3.8, 4) is 0 Å². The standard InChI is InChI=1S/C82H160O17P2/c1-6-9-12-15-18-20-22-24-26-28-29-30-32-34-40-44-48-53-58-63-68-82(87)99-78(72-93-80(85)66-61-56-51-46-42-38-36-35-37-41-45-50-54-59-64-75(4)5)74-97-101(90,91)95-70-76(83)69-94-100(88,89)96-73-77(71-92-79(84)65-60-55-49-17-14-11-8-3)98-81(86)67-62-57-52-47-43-39-33-31-27-25-23-21-19-16-13-10-7-2/h75-78,83H,6-74H2,1-5H3,(H,88,89)(H,90,91)/t76-,77+,78+/m0/s1. The van der Waals surface area contributed by atoms with E-state index in [1.165, 1.54) is 250 Å². The number of unbranched alkanes of at least 4 members (excludes halogenated alkanes) is 54. The molecule has 0 spiro atoms. The zero-order valence-electron chi connectivity index (χ0n) is 66.1. The van der Waals surface area contributed by atoms with Crippen LogP contribution in [0.3, 0.4) is 0 Å². The first-order valence-corrected chi connectivity index (χ1v) is 45.6. The number of hydrogen-bond donors (Lipinski definition) is 3. The molecule has 0 aliphatic carbocycles. The van der Waals surface area contributed by atoms with E-state index in [1.54, 1.807) is 0 Å². The van der Waals surface area contributed by atoms with Gasteiger partial charge in [0, 0.05) is 25.7 Å². The fourth-order valence-electron chi connectivity index (χ4n) is 12.8. The second kappa shape index (κ2) is 74.9. The Labute approximate surface area is 619 Å². The lowest BCUT2D eigenvalue weighted by molar-refractivity contribution is -0.161. The molecule has 0 bridgehead atoms. The third kappa shape index (κ3) is 76.1. The maximum atomic E-state index is 13.1. The molecule has 0 amide bonds. The van der Waals surface area contributed by atoms with Crippen LogP contribution < -0.4 is 0 Å². The minimum Gasteiger partial charge on any atom is -0.462 e. The number of carbonyl (C=O) groups excluding carboxylic acids is 4. The number of ether oxygens (including phenoxy) is 4. The molecule has 101 heavy (non-hydrogen) atoms. The largest absolute Gasteiger partial charge is 0.472 e. The zero-order valence-corrected chi connectivity index (χ0v) is 67.8. The highest BCUT2D eigenvalue weighted by Gasteiger charge is 2.30. The molecule has 17 nitrogen and oxygen atoms in total. The maximum absolute atomic E-state index is 13.1. The summed E-state index contributed by atoms with van der Waals surface area (Å²) in [7, 11) is -9.91. The normalized spacial score (nSPS) is 13.8. The van der Waals surface area contributed by atoms with Crippen LogP contribution in [0.2, 0.25) is 0 Å². The molecule has 0 aromatic heterocycles. The number of esters is 4. The van der Waals surface area contributed by atoms with Gasteiger partial charge in [0.05, 0.1) is 26.4 Å². The van der Waals surface area contributed by atoms with Crippen LogP contribution in [0.25, 0.3) is 0 Å². The van der Waals surface area contributed by atoms with Crippen molar-refractivity contribution in [2.75, 3.05) is 39.6 Å². The fourth-order valence-corrected chi connectivity index (χ4v) is 14.3. The molecule has 0 fully saturated rings. The molecule has 0 heterocycles. The highest BCUT2D eigenvalue weighted by atomic mass is 31.2. The number of phosphoric ester groups is 2. The van der Waals surface area contributed by atoms with Crippen molar-refractivity contribution in [1.29, 1.82) is 0 Å². The van der Waals surface area contributed by atoms with Gasteiger partial charge in [-0.25, -0.2) is 9.13 Å². The number of rotatable bonds is 82. The molecule has 0 aromatic carbocycles. The highest BCUT2D eigenvalue weighted by molar-refractivity contribution is 7.47. The average Bonchev–Trinajstić information content (AvgIpc) is 0.965. The lowest BCUT2D eigenvalue weighted by Crippen LogP contribution is -2.30. The van der Waals surface area contributed by atoms with E-state index in [9.17, 15) is 43.2 Å². The van der Waals surface area contributed by atoms with Crippen molar-refractivity contribution in [2.45, 2.75) is 457 Å². The van der Waals surface area contributed by atoms with E-state index in [1.807, 2.05) is 0 Å². The summed E-state index contributed by atoms with van der Waals surface area (Å²) in [6.45, 7) is 7.32.